The molecule has 0 amide bonds. The van der Waals surface area contributed by atoms with Crippen LogP contribution in [0, 0.1) is 0 Å². The topological polar surface area (TPSA) is 38.7 Å². The van der Waals surface area contributed by atoms with E-state index in [9.17, 15) is 5.11 Å². The zero-order valence-electron chi connectivity index (χ0n) is 14.1. The Hall–Kier alpha value is -2.14. The second-order valence-corrected chi connectivity index (χ2v) is 6.57. The quantitative estimate of drug-likeness (QED) is 0.730. The van der Waals surface area contributed by atoms with Crippen molar-refractivity contribution in [2.24, 2.45) is 0 Å². The number of phenolic OH excluding ortho intramolecular Hbond substituents is 1. The van der Waals surface area contributed by atoms with Gasteiger partial charge in [0.1, 0.15) is 5.75 Å². The van der Waals surface area contributed by atoms with Crippen LogP contribution in [0.25, 0.3) is 5.57 Å². The van der Waals surface area contributed by atoms with Gasteiger partial charge in [0.15, 0.2) is 0 Å². The Balaban J connectivity index is 2.18. The Bertz CT molecular complexity index is 829. The molecule has 128 valence electrons. The number of phenols is 1. The molecule has 0 spiro atoms. The van der Waals surface area contributed by atoms with Crippen LogP contribution in [0.2, 0.25) is 0 Å². The number of methoxy groups -OCH3 is 2. The normalized spacial score (nSPS) is 15.4. The first-order chi connectivity index (χ1) is 12.1. The second kappa shape index (κ2) is 7.40. The van der Waals surface area contributed by atoms with Crippen molar-refractivity contribution in [2.45, 2.75) is 5.79 Å². The fourth-order valence-electron chi connectivity index (χ4n) is 2.84. The molecule has 0 bridgehead atoms. The van der Waals surface area contributed by atoms with Crippen molar-refractivity contribution in [3.63, 3.8) is 0 Å². The molecule has 0 unspecified atom stereocenters. The summed E-state index contributed by atoms with van der Waals surface area (Å²) in [5.41, 5.74) is 3.69. The molecule has 25 heavy (non-hydrogen) atoms. The molecule has 0 atom stereocenters. The van der Waals surface area contributed by atoms with Gasteiger partial charge in [-0.25, -0.2) is 0 Å². The number of ether oxygens (including phenoxy) is 2. The number of aromatic hydroxyl groups is 1. The first kappa shape index (κ1) is 17.7. The van der Waals surface area contributed by atoms with Crippen LogP contribution >= 0.6 is 15.9 Å². The van der Waals surface area contributed by atoms with Crippen molar-refractivity contribution in [3.05, 3.63) is 94.0 Å². The van der Waals surface area contributed by atoms with Gasteiger partial charge in [0.25, 0.3) is 0 Å². The van der Waals surface area contributed by atoms with Crippen LogP contribution in [-0.4, -0.2) is 25.1 Å². The third-order valence-electron chi connectivity index (χ3n) is 4.21. The summed E-state index contributed by atoms with van der Waals surface area (Å²) in [6.07, 6.45) is 7.63. The van der Waals surface area contributed by atoms with E-state index in [-0.39, 0.29) is 5.75 Å². The lowest BCUT2D eigenvalue weighted by Gasteiger charge is -2.27. The minimum absolute atomic E-state index is 0.220. The summed E-state index contributed by atoms with van der Waals surface area (Å²) in [5, 5.41) is 10.5. The molecular weight excluding hydrogens is 380 g/mol. The Morgan fingerprint density at radius 1 is 0.960 bits per heavy atom. The van der Waals surface area contributed by atoms with Crippen molar-refractivity contribution in [2.75, 3.05) is 14.2 Å². The van der Waals surface area contributed by atoms with Crippen LogP contribution in [0.5, 0.6) is 5.75 Å². The summed E-state index contributed by atoms with van der Waals surface area (Å²) in [5.74, 6) is -0.634. The number of hydrogen-bond acceptors (Lipinski definition) is 3. The van der Waals surface area contributed by atoms with Crippen LogP contribution in [0.3, 0.4) is 0 Å². The predicted molar refractivity (Wildman–Crippen MR) is 103 cm³/mol. The zero-order valence-corrected chi connectivity index (χ0v) is 15.7. The van der Waals surface area contributed by atoms with Crippen molar-refractivity contribution >= 4 is 21.5 Å². The first-order valence-corrected chi connectivity index (χ1v) is 8.65. The molecule has 3 nitrogen and oxygen atoms in total. The molecular formula is C21H19BrO3. The summed E-state index contributed by atoms with van der Waals surface area (Å²) in [7, 11) is 3.21. The van der Waals surface area contributed by atoms with Crippen molar-refractivity contribution in [1.29, 1.82) is 0 Å². The fraction of sp³-hybridized carbons (Fsp3) is 0.143. The third-order valence-corrected chi connectivity index (χ3v) is 4.70. The molecule has 0 aromatic heterocycles. The van der Waals surface area contributed by atoms with Crippen LogP contribution in [0.15, 0.2) is 82.9 Å². The summed E-state index contributed by atoms with van der Waals surface area (Å²) in [4.78, 5) is 0. The van der Waals surface area contributed by atoms with E-state index >= 15 is 0 Å². The minimum Gasteiger partial charge on any atom is -0.507 e. The lowest BCUT2D eigenvalue weighted by atomic mass is 9.90. The van der Waals surface area contributed by atoms with E-state index in [1.165, 1.54) is 0 Å². The van der Waals surface area contributed by atoms with E-state index in [2.05, 4.69) is 15.9 Å². The maximum absolute atomic E-state index is 10.5. The smallest absolute Gasteiger partial charge is 0.208 e. The lowest BCUT2D eigenvalue weighted by molar-refractivity contribution is -0.133. The molecule has 0 aliphatic heterocycles. The molecule has 2 aromatic rings. The highest BCUT2D eigenvalue weighted by Crippen LogP contribution is 2.37. The monoisotopic (exact) mass is 398 g/mol. The molecule has 0 fully saturated rings. The maximum Gasteiger partial charge on any atom is 0.208 e. The zero-order chi connectivity index (χ0) is 17.9. The molecule has 0 saturated carbocycles. The molecule has 0 heterocycles. The van der Waals surface area contributed by atoms with E-state index in [1.54, 1.807) is 20.3 Å². The average molecular weight is 399 g/mol. The first-order valence-electron chi connectivity index (χ1n) is 7.86. The van der Waals surface area contributed by atoms with E-state index in [1.807, 2.05) is 66.8 Å². The predicted octanol–water partition coefficient (Wildman–Crippen LogP) is 5.07. The molecule has 2 aromatic carbocycles. The molecule has 0 saturated heterocycles. The number of halogens is 1. The van der Waals surface area contributed by atoms with Crippen molar-refractivity contribution in [1.82, 2.24) is 0 Å². The highest BCUT2D eigenvalue weighted by Gasteiger charge is 2.26. The highest BCUT2D eigenvalue weighted by molar-refractivity contribution is 9.10. The fourth-order valence-corrected chi connectivity index (χ4v) is 3.19. The van der Waals surface area contributed by atoms with Gasteiger partial charge < -0.3 is 14.6 Å². The average Bonchev–Trinajstić information content (AvgIpc) is 2.65. The summed E-state index contributed by atoms with van der Waals surface area (Å²) in [6.45, 7) is 0. The van der Waals surface area contributed by atoms with Crippen LogP contribution < -0.4 is 0 Å². The van der Waals surface area contributed by atoms with Crippen molar-refractivity contribution < 1.29 is 14.6 Å². The van der Waals surface area contributed by atoms with Gasteiger partial charge in [-0.1, -0.05) is 58.4 Å². The lowest BCUT2D eigenvalue weighted by Crippen LogP contribution is -2.29. The van der Waals surface area contributed by atoms with Gasteiger partial charge in [-0.2, -0.15) is 0 Å². The molecule has 0 radical (unpaired) electrons. The Kier molecular flexibility index (Phi) is 5.23. The van der Waals surface area contributed by atoms with E-state index in [0.717, 1.165) is 26.7 Å². The number of allylic oxidation sites excluding steroid dienone is 3. The number of hydrogen-bond donors (Lipinski definition) is 1. The van der Waals surface area contributed by atoms with Crippen LogP contribution in [0.1, 0.15) is 11.1 Å². The Labute approximate surface area is 156 Å². The minimum atomic E-state index is -0.854. The largest absolute Gasteiger partial charge is 0.507 e. The molecule has 1 N–H and O–H groups in total. The molecule has 4 heteroatoms. The standard InChI is InChI=1S/C21H19BrO3/c1-24-21(25-2)12-10-16(11-13-21)20(15-6-4-3-5-7-15)18-9-8-17(22)14-19(18)23/h3-14,23H,1-2H3. The summed E-state index contributed by atoms with van der Waals surface area (Å²) < 4.78 is 11.7. The van der Waals surface area contributed by atoms with Gasteiger partial charge in [-0.05, 0) is 47.1 Å². The molecule has 1 aliphatic carbocycles. The number of benzene rings is 2. The van der Waals surface area contributed by atoms with Gasteiger partial charge in [0, 0.05) is 24.3 Å². The molecule has 1 aliphatic rings. The van der Waals surface area contributed by atoms with Gasteiger partial charge in [-0.15, -0.1) is 0 Å². The second-order valence-electron chi connectivity index (χ2n) is 5.65. The van der Waals surface area contributed by atoms with Crippen LogP contribution in [0.4, 0.5) is 0 Å². The van der Waals surface area contributed by atoms with Gasteiger partial charge >= 0.3 is 0 Å². The summed E-state index contributed by atoms with van der Waals surface area (Å²) in [6, 6.07) is 15.5. The highest BCUT2D eigenvalue weighted by atomic mass is 79.9. The van der Waals surface area contributed by atoms with Crippen molar-refractivity contribution in [3.8, 4) is 5.75 Å². The van der Waals surface area contributed by atoms with Gasteiger partial charge in [0.05, 0.1) is 0 Å². The summed E-state index contributed by atoms with van der Waals surface area (Å²) >= 11 is 3.39. The van der Waals surface area contributed by atoms with Gasteiger partial charge in [0.2, 0.25) is 5.79 Å². The number of rotatable bonds is 4. The third kappa shape index (κ3) is 3.61. The van der Waals surface area contributed by atoms with E-state index < -0.39 is 5.79 Å². The van der Waals surface area contributed by atoms with E-state index in [0.29, 0.717) is 0 Å². The maximum atomic E-state index is 10.5. The Morgan fingerprint density at radius 3 is 2.16 bits per heavy atom. The van der Waals surface area contributed by atoms with E-state index in [4.69, 9.17) is 9.47 Å². The molecule has 3 rings (SSSR count). The Morgan fingerprint density at radius 2 is 1.60 bits per heavy atom. The van der Waals surface area contributed by atoms with Gasteiger partial charge in [-0.3, -0.25) is 0 Å². The SMILES string of the molecule is COC1(OC)C=CC(=C(c2ccccc2)c2ccc(Br)cc2O)C=C1. The van der Waals surface area contributed by atoms with Crippen LogP contribution in [-0.2, 0) is 9.47 Å².